The molecule has 4 N–H and O–H groups in total. The van der Waals surface area contributed by atoms with Gasteiger partial charge in [-0.1, -0.05) is 6.42 Å². The lowest BCUT2D eigenvalue weighted by atomic mass is 9.97. The van der Waals surface area contributed by atoms with E-state index in [2.05, 4.69) is 10.3 Å². The third kappa shape index (κ3) is 2.64. The van der Waals surface area contributed by atoms with Crippen LogP contribution in [-0.2, 0) is 0 Å². The Hall–Kier alpha value is -1.29. The van der Waals surface area contributed by atoms with Crippen LogP contribution in [0, 0.1) is 11.8 Å². The first kappa shape index (κ1) is 11.2. The van der Waals surface area contributed by atoms with Crippen LogP contribution in [0.1, 0.15) is 19.3 Å². The molecule has 0 saturated heterocycles. The van der Waals surface area contributed by atoms with Crippen LogP contribution in [0.4, 0.5) is 11.4 Å². The molecular weight excluding hydrogens is 202 g/mol. The molecule has 1 aromatic heterocycles. The molecule has 0 amide bonds. The predicted molar refractivity (Wildman–Crippen MR) is 65.1 cm³/mol. The number of rotatable bonds is 4. The van der Waals surface area contributed by atoms with E-state index in [-0.39, 0.29) is 0 Å². The van der Waals surface area contributed by atoms with E-state index in [0.29, 0.717) is 24.1 Å². The van der Waals surface area contributed by atoms with Crippen LogP contribution < -0.4 is 11.1 Å². The highest BCUT2D eigenvalue weighted by atomic mass is 16.3. The molecule has 0 spiro atoms. The lowest BCUT2D eigenvalue weighted by Gasteiger charge is -2.18. The van der Waals surface area contributed by atoms with Crippen LogP contribution in [-0.4, -0.2) is 23.2 Å². The Bertz CT molecular complexity index is 343. The van der Waals surface area contributed by atoms with Crippen molar-refractivity contribution < 1.29 is 5.11 Å². The van der Waals surface area contributed by atoms with Gasteiger partial charge in [-0.3, -0.25) is 4.98 Å². The molecule has 0 bridgehead atoms. The molecule has 16 heavy (non-hydrogen) atoms. The van der Waals surface area contributed by atoms with Gasteiger partial charge in [0.05, 0.1) is 17.6 Å². The molecule has 1 aliphatic rings. The smallest absolute Gasteiger partial charge is 0.0547 e. The number of nitrogen functional groups attached to an aromatic ring is 1. The topological polar surface area (TPSA) is 71.2 Å². The summed E-state index contributed by atoms with van der Waals surface area (Å²) in [5.41, 5.74) is 7.29. The van der Waals surface area contributed by atoms with Crippen LogP contribution in [0.3, 0.4) is 0 Å². The molecule has 0 aliphatic heterocycles. The van der Waals surface area contributed by atoms with Gasteiger partial charge in [0.15, 0.2) is 0 Å². The van der Waals surface area contributed by atoms with Crippen LogP contribution in [0.15, 0.2) is 18.5 Å². The molecule has 4 nitrogen and oxygen atoms in total. The molecule has 2 atom stereocenters. The number of hydrogen-bond donors (Lipinski definition) is 3. The third-order valence-corrected chi connectivity index (χ3v) is 3.38. The zero-order valence-corrected chi connectivity index (χ0v) is 9.39. The maximum Gasteiger partial charge on any atom is 0.0547 e. The van der Waals surface area contributed by atoms with Crippen molar-refractivity contribution >= 4 is 11.4 Å². The summed E-state index contributed by atoms with van der Waals surface area (Å²) in [5.74, 6) is 1.04. The molecule has 1 aliphatic carbocycles. The first-order chi connectivity index (χ1) is 7.79. The van der Waals surface area contributed by atoms with Crippen molar-refractivity contribution in [1.82, 2.24) is 4.98 Å². The van der Waals surface area contributed by atoms with Crippen molar-refractivity contribution in [2.45, 2.75) is 19.3 Å². The second kappa shape index (κ2) is 5.16. The van der Waals surface area contributed by atoms with E-state index in [9.17, 15) is 5.11 Å². The highest BCUT2D eigenvalue weighted by Crippen LogP contribution is 2.31. The van der Waals surface area contributed by atoms with Gasteiger partial charge < -0.3 is 16.2 Å². The average Bonchev–Trinajstić information content (AvgIpc) is 2.74. The minimum Gasteiger partial charge on any atom is -0.397 e. The summed E-state index contributed by atoms with van der Waals surface area (Å²) in [6.07, 6.45) is 7.00. The molecule has 4 heteroatoms. The second-order valence-electron chi connectivity index (χ2n) is 4.52. The molecule has 88 valence electrons. The summed E-state index contributed by atoms with van der Waals surface area (Å²) >= 11 is 0. The number of nitrogens with zero attached hydrogens (tertiary/aromatic N) is 1. The van der Waals surface area contributed by atoms with Gasteiger partial charge in [-0.15, -0.1) is 0 Å². The van der Waals surface area contributed by atoms with Gasteiger partial charge in [0.25, 0.3) is 0 Å². The molecule has 1 aromatic rings. The summed E-state index contributed by atoms with van der Waals surface area (Å²) in [6, 6.07) is 1.88. The minimum absolute atomic E-state index is 0.307. The fourth-order valence-electron chi connectivity index (χ4n) is 2.43. The fourth-order valence-corrected chi connectivity index (χ4v) is 2.43. The van der Waals surface area contributed by atoms with E-state index in [1.807, 2.05) is 6.07 Å². The van der Waals surface area contributed by atoms with Gasteiger partial charge in [-0.2, -0.15) is 0 Å². The first-order valence-electron chi connectivity index (χ1n) is 5.85. The standard InChI is InChI=1S/C12H19N3O/c13-11-4-12(7-14-6-11)15-5-9-2-1-3-10(9)8-16/h4,6-7,9-10,15-16H,1-3,5,8,13H2. The Kier molecular flexibility index (Phi) is 3.62. The maximum atomic E-state index is 9.22. The molecule has 1 fully saturated rings. The summed E-state index contributed by atoms with van der Waals surface area (Å²) in [6.45, 7) is 1.21. The Morgan fingerprint density at radius 2 is 2.19 bits per heavy atom. The van der Waals surface area contributed by atoms with Crippen LogP contribution >= 0.6 is 0 Å². The Morgan fingerprint density at radius 3 is 2.94 bits per heavy atom. The van der Waals surface area contributed by atoms with Crippen molar-refractivity contribution in [3.8, 4) is 0 Å². The Labute approximate surface area is 95.9 Å². The average molecular weight is 221 g/mol. The predicted octanol–water partition coefficient (Wildman–Crippen LogP) is 1.48. The monoisotopic (exact) mass is 221 g/mol. The van der Waals surface area contributed by atoms with Gasteiger partial charge in [0.2, 0.25) is 0 Å². The van der Waals surface area contributed by atoms with Crippen LogP contribution in [0.5, 0.6) is 0 Å². The van der Waals surface area contributed by atoms with Crippen molar-refractivity contribution in [2.75, 3.05) is 24.2 Å². The van der Waals surface area contributed by atoms with Crippen LogP contribution in [0.25, 0.3) is 0 Å². The van der Waals surface area contributed by atoms with E-state index in [4.69, 9.17) is 5.73 Å². The van der Waals surface area contributed by atoms with E-state index < -0.39 is 0 Å². The van der Waals surface area contributed by atoms with E-state index in [0.717, 1.165) is 18.7 Å². The lowest BCUT2D eigenvalue weighted by molar-refractivity contribution is 0.199. The number of nitrogens with one attached hydrogen (secondary N) is 1. The summed E-state index contributed by atoms with van der Waals surface area (Å²) in [4.78, 5) is 4.03. The van der Waals surface area contributed by atoms with E-state index >= 15 is 0 Å². The van der Waals surface area contributed by atoms with Crippen molar-refractivity contribution in [3.05, 3.63) is 18.5 Å². The molecule has 0 aromatic carbocycles. The number of pyridine rings is 1. The molecule has 1 heterocycles. The van der Waals surface area contributed by atoms with Crippen molar-refractivity contribution in [2.24, 2.45) is 11.8 Å². The number of aromatic nitrogens is 1. The zero-order valence-electron chi connectivity index (χ0n) is 9.39. The van der Waals surface area contributed by atoms with Gasteiger partial charge in [0.1, 0.15) is 0 Å². The normalized spacial score (nSPS) is 24.6. The Balaban J connectivity index is 1.87. The number of anilines is 2. The quantitative estimate of drug-likeness (QED) is 0.720. The summed E-state index contributed by atoms with van der Waals surface area (Å²) < 4.78 is 0. The SMILES string of the molecule is Nc1cncc(NCC2CCCC2CO)c1. The molecule has 2 rings (SSSR count). The number of aliphatic hydroxyl groups excluding tert-OH is 1. The van der Waals surface area contributed by atoms with Gasteiger partial charge in [0, 0.05) is 19.3 Å². The molecule has 0 radical (unpaired) electrons. The summed E-state index contributed by atoms with van der Waals surface area (Å²) in [7, 11) is 0. The Morgan fingerprint density at radius 1 is 1.38 bits per heavy atom. The van der Waals surface area contributed by atoms with Gasteiger partial charge in [-0.25, -0.2) is 0 Å². The molecular formula is C12H19N3O. The highest BCUT2D eigenvalue weighted by Gasteiger charge is 2.26. The fraction of sp³-hybridized carbons (Fsp3) is 0.583. The molecule has 2 unspecified atom stereocenters. The lowest BCUT2D eigenvalue weighted by Crippen LogP contribution is -2.20. The highest BCUT2D eigenvalue weighted by molar-refractivity contribution is 5.51. The number of nitrogens with two attached hydrogens (primary N) is 1. The van der Waals surface area contributed by atoms with Gasteiger partial charge in [-0.05, 0) is 30.7 Å². The molecule has 1 saturated carbocycles. The summed E-state index contributed by atoms with van der Waals surface area (Å²) in [5, 5.41) is 12.6. The number of aliphatic hydroxyl groups is 1. The minimum atomic E-state index is 0.307. The second-order valence-corrected chi connectivity index (χ2v) is 4.52. The van der Waals surface area contributed by atoms with E-state index in [1.165, 1.54) is 12.8 Å². The van der Waals surface area contributed by atoms with Crippen LogP contribution in [0.2, 0.25) is 0 Å². The van der Waals surface area contributed by atoms with Crippen molar-refractivity contribution in [1.29, 1.82) is 0 Å². The zero-order chi connectivity index (χ0) is 11.4. The number of hydrogen-bond acceptors (Lipinski definition) is 4. The van der Waals surface area contributed by atoms with E-state index in [1.54, 1.807) is 12.4 Å². The van der Waals surface area contributed by atoms with Gasteiger partial charge >= 0.3 is 0 Å². The third-order valence-electron chi connectivity index (χ3n) is 3.38. The maximum absolute atomic E-state index is 9.22. The largest absolute Gasteiger partial charge is 0.397 e. The van der Waals surface area contributed by atoms with Crippen molar-refractivity contribution in [3.63, 3.8) is 0 Å². The first-order valence-corrected chi connectivity index (χ1v) is 5.85.